The summed E-state index contributed by atoms with van der Waals surface area (Å²) in [4.78, 5) is 44.1. The first-order valence-electron chi connectivity index (χ1n) is 13.9. The molecule has 2 N–H and O–H groups in total. The van der Waals surface area contributed by atoms with Crippen LogP contribution in [0.4, 0.5) is 0 Å². The lowest BCUT2D eigenvalue weighted by Crippen LogP contribution is -2.27. The summed E-state index contributed by atoms with van der Waals surface area (Å²) >= 11 is 6.01. The van der Waals surface area contributed by atoms with Crippen molar-refractivity contribution in [3.63, 3.8) is 0 Å². The second-order valence-electron chi connectivity index (χ2n) is 9.80. The van der Waals surface area contributed by atoms with Crippen LogP contribution in [0.1, 0.15) is 54.2 Å². The van der Waals surface area contributed by atoms with Gasteiger partial charge < -0.3 is 19.9 Å². The van der Waals surface area contributed by atoms with E-state index >= 15 is 0 Å². The van der Waals surface area contributed by atoms with Crippen LogP contribution in [-0.4, -0.2) is 68.3 Å². The summed E-state index contributed by atoms with van der Waals surface area (Å²) in [6, 6.07) is 18.2. The topological polar surface area (TPSA) is 114 Å². The maximum absolute atomic E-state index is 12.8. The van der Waals surface area contributed by atoms with Crippen LogP contribution in [0.2, 0.25) is 0 Å². The number of nitrogens with zero attached hydrogens (tertiary/aromatic N) is 1. The normalized spacial score (nSPS) is 11.5. The summed E-state index contributed by atoms with van der Waals surface area (Å²) in [5.74, 6) is -0.275. The Morgan fingerprint density at radius 1 is 0.932 bits per heavy atom. The summed E-state index contributed by atoms with van der Waals surface area (Å²) in [7, 11) is 1.60. The number of ether oxygens (including phenoxy) is 2. The molecule has 0 unspecified atom stereocenters. The summed E-state index contributed by atoms with van der Waals surface area (Å²) in [5.41, 5.74) is 3.54. The van der Waals surface area contributed by atoms with Crippen molar-refractivity contribution < 1.29 is 29.0 Å². The van der Waals surface area contributed by atoms with Crippen LogP contribution in [0.3, 0.4) is 0 Å². The molecule has 0 aliphatic heterocycles. The summed E-state index contributed by atoms with van der Waals surface area (Å²) in [6.45, 7) is 3.49. The molecule has 0 aliphatic rings. The predicted molar refractivity (Wildman–Crippen MR) is 179 cm³/mol. The van der Waals surface area contributed by atoms with Gasteiger partial charge in [-0.25, -0.2) is 0 Å². The number of hydrogen-bond donors (Lipinski definition) is 2. The Morgan fingerprint density at radius 3 is 2.34 bits per heavy atom. The molecular formula is C33H33BrN2O6S2. The van der Waals surface area contributed by atoms with Gasteiger partial charge in [-0.05, 0) is 60.9 Å². The fraction of sp³-hybridized carbons (Fsp3) is 0.273. The molecule has 44 heavy (non-hydrogen) atoms. The zero-order chi connectivity index (χ0) is 31.5. The molecule has 0 spiro atoms. The second-order valence-corrected chi connectivity index (χ2v) is 12.7. The third-order valence-corrected chi connectivity index (χ3v) is 9.41. The van der Waals surface area contributed by atoms with Crippen molar-refractivity contribution in [3.05, 3.63) is 97.0 Å². The Morgan fingerprint density at radius 2 is 1.64 bits per heavy atom. The largest absolute Gasteiger partial charge is 0.506 e. The van der Waals surface area contributed by atoms with E-state index in [1.807, 2.05) is 41.8 Å². The first kappa shape index (κ1) is 33.4. The molecule has 2 aromatic heterocycles. The summed E-state index contributed by atoms with van der Waals surface area (Å²) in [6.07, 6.45) is 0.805. The van der Waals surface area contributed by atoms with Crippen molar-refractivity contribution in [2.45, 2.75) is 19.8 Å². The predicted octanol–water partition coefficient (Wildman–Crippen LogP) is 6.84. The number of carbonyl (C=O) groups excluding carboxylic acids is 3. The Labute approximate surface area is 272 Å². The number of amides is 1. The molecular weight excluding hydrogens is 664 g/mol. The van der Waals surface area contributed by atoms with E-state index in [9.17, 15) is 19.5 Å². The van der Waals surface area contributed by atoms with E-state index in [-0.39, 0.29) is 36.2 Å². The van der Waals surface area contributed by atoms with E-state index in [0.29, 0.717) is 59.4 Å². The lowest BCUT2D eigenvalue weighted by molar-refractivity contribution is 0.0692. The number of Topliss-reactive ketones (excluding diaryl/α,β-unsaturated/α-hetero) is 2. The molecule has 4 aromatic rings. The van der Waals surface area contributed by atoms with Crippen LogP contribution in [0, 0.1) is 0 Å². The highest BCUT2D eigenvalue weighted by molar-refractivity contribution is 9.10. The van der Waals surface area contributed by atoms with E-state index in [4.69, 9.17) is 9.47 Å². The van der Waals surface area contributed by atoms with Gasteiger partial charge in [0.2, 0.25) is 0 Å². The van der Waals surface area contributed by atoms with Gasteiger partial charge in [-0.1, -0.05) is 40.2 Å². The third-order valence-electron chi connectivity index (χ3n) is 6.70. The van der Waals surface area contributed by atoms with Crippen molar-refractivity contribution in [1.29, 1.82) is 0 Å². The van der Waals surface area contributed by atoms with Crippen molar-refractivity contribution in [1.82, 2.24) is 5.32 Å². The number of aryl methyl sites for hydroxylation is 1. The average molecular weight is 698 g/mol. The van der Waals surface area contributed by atoms with Crippen molar-refractivity contribution in [2.24, 2.45) is 4.99 Å². The van der Waals surface area contributed by atoms with Crippen LogP contribution < -0.4 is 5.32 Å². The standard InChI is InChI=1S/C33H33BrN2O6S2/c1-21(26-20-43-32(31(26)39)23-8-10-25(34)11-9-23)36-19-28(38)30-14-13-29(44-30)27(37)12-5-22-3-6-24(7-4-22)33(40)35-15-16-42-18-17-41-2/h3-4,6-11,13-14,20,39H,5,12,15-19H2,1-2H3,(H,35,40). The number of carbonyl (C=O) groups is 3. The van der Waals surface area contributed by atoms with Gasteiger partial charge in [0.25, 0.3) is 5.91 Å². The highest BCUT2D eigenvalue weighted by Crippen LogP contribution is 2.39. The maximum Gasteiger partial charge on any atom is 0.251 e. The minimum atomic E-state index is -0.188. The molecule has 0 atom stereocenters. The Bertz CT molecular complexity index is 1610. The number of rotatable bonds is 16. The second kappa shape index (κ2) is 16.6. The average Bonchev–Trinajstić information content (AvgIpc) is 3.68. The van der Waals surface area contributed by atoms with Gasteiger partial charge in [0, 0.05) is 46.8 Å². The van der Waals surface area contributed by atoms with E-state index in [2.05, 4.69) is 26.2 Å². The Kier molecular flexibility index (Phi) is 12.6. The summed E-state index contributed by atoms with van der Waals surface area (Å²) < 4.78 is 11.2. The number of methoxy groups -OCH3 is 1. The molecule has 1 amide bonds. The van der Waals surface area contributed by atoms with Gasteiger partial charge in [-0.3, -0.25) is 19.4 Å². The Hall–Kier alpha value is -3.48. The quantitative estimate of drug-likeness (QED) is 0.0753. The molecule has 0 fully saturated rings. The number of aromatic hydroxyl groups is 1. The number of benzene rings is 2. The number of aliphatic imine (C=N–C) groups is 1. The molecule has 2 heterocycles. The van der Waals surface area contributed by atoms with Crippen molar-refractivity contribution in [2.75, 3.05) is 40.0 Å². The summed E-state index contributed by atoms with van der Waals surface area (Å²) in [5, 5.41) is 15.4. The molecule has 0 saturated heterocycles. The molecule has 4 rings (SSSR count). The first-order valence-corrected chi connectivity index (χ1v) is 16.4. The van der Waals surface area contributed by atoms with Crippen molar-refractivity contribution in [3.8, 4) is 16.2 Å². The lowest BCUT2D eigenvalue weighted by Gasteiger charge is -2.07. The molecule has 2 aromatic carbocycles. The highest BCUT2D eigenvalue weighted by atomic mass is 79.9. The molecule has 0 radical (unpaired) electrons. The van der Waals surface area contributed by atoms with Crippen LogP contribution >= 0.6 is 38.6 Å². The van der Waals surface area contributed by atoms with E-state index in [1.54, 1.807) is 38.3 Å². The van der Waals surface area contributed by atoms with Crippen LogP contribution in [-0.2, 0) is 15.9 Å². The number of nitrogens with one attached hydrogen (secondary N) is 1. The van der Waals surface area contributed by atoms with Crippen LogP contribution in [0.15, 0.2) is 75.5 Å². The number of halogens is 1. The molecule has 0 aliphatic carbocycles. The molecule has 230 valence electrons. The first-order chi connectivity index (χ1) is 21.3. The highest BCUT2D eigenvalue weighted by Gasteiger charge is 2.17. The fourth-order valence-corrected chi connectivity index (χ4v) is 6.37. The van der Waals surface area contributed by atoms with Gasteiger partial charge in [-0.2, -0.15) is 0 Å². The van der Waals surface area contributed by atoms with E-state index in [1.165, 1.54) is 22.7 Å². The number of ketones is 2. The van der Waals surface area contributed by atoms with Crippen LogP contribution in [0.25, 0.3) is 10.4 Å². The molecule has 8 nitrogen and oxygen atoms in total. The van der Waals surface area contributed by atoms with Crippen LogP contribution in [0.5, 0.6) is 5.75 Å². The minimum Gasteiger partial charge on any atom is -0.506 e. The number of thiophene rings is 2. The number of hydrogen-bond acceptors (Lipinski definition) is 9. The third kappa shape index (κ3) is 9.26. The fourth-order valence-electron chi connectivity index (χ4n) is 4.19. The monoisotopic (exact) mass is 696 g/mol. The van der Waals surface area contributed by atoms with Gasteiger partial charge >= 0.3 is 0 Å². The zero-order valence-electron chi connectivity index (χ0n) is 24.4. The van der Waals surface area contributed by atoms with E-state index in [0.717, 1.165) is 20.5 Å². The lowest BCUT2D eigenvalue weighted by atomic mass is 10.0. The van der Waals surface area contributed by atoms with Gasteiger partial charge in [0.05, 0.1) is 34.5 Å². The molecule has 11 heteroatoms. The maximum atomic E-state index is 12.8. The van der Waals surface area contributed by atoms with E-state index < -0.39 is 0 Å². The van der Waals surface area contributed by atoms with Gasteiger partial charge in [0.1, 0.15) is 12.3 Å². The molecule has 0 saturated carbocycles. The molecule has 0 bridgehead atoms. The van der Waals surface area contributed by atoms with Gasteiger partial charge in [-0.15, -0.1) is 22.7 Å². The zero-order valence-corrected chi connectivity index (χ0v) is 27.6. The smallest absolute Gasteiger partial charge is 0.251 e. The van der Waals surface area contributed by atoms with Gasteiger partial charge in [0.15, 0.2) is 11.6 Å². The van der Waals surface area contributed by atoms with Crippen molar-refractivity contribution >= 4 is 61.8 Å². The minimum absolute atomic E-state index is 0.0484. The Balaban J connectivity index is 1.25. The SMILES string of the molecule is COCCOCCNC(=O)c1ccc(CCC(=O)c2ccc(C(=O)CN=C(C)c3csc(-c4ccc(Br)cc4)c3O)s2)cc1.